The van der Waals surface area contributed by atoms with Gasteiger partial charge in [0.05, 0.1) is 10.6 Å². The number of hydrogen-bond donors (Lipinski definition) is 1. The fourth-order valence-corrected chi connectivity index (χ4v) is 5.52. The maximum atomic E-state index is 13.9. The summed E-state index contributed by atoms with van der Waals surface area (Å²) in [5, 5.41) is 3.43. The lowest BCUT2D eigenvalue weighted by atomic mass is 10.1. The van der Waals surface area contributed by atoms with Gasteiger partial charge in [0.15, 0.2) is 0 Å². The van der Waals surface area contributed by atoms with Gasteiger partial charge < -0.3 is 10.2 Å². The van der Waals surface area contributed by atoms with E-state index in [4.69, 9.17) is 11.6 Å². The highest BCUT2D eigenvalue weighted by molar-refractivity contribution is 7.92. The number of aryl methyl sites for hydroxylation is 1. The Balaban J connectivity index is 2.00. The molecule has 0 bridgehead atoms. The van der Waals surface area contributed by atoms with Crippen molar-refractivity contribution in [2.24, 2.45) is 5.92 Å². The zero-order chi connectivity index (χ0) is 27.9. The molecule has 202 valence electrons. The van der Waals surface area contributed by atoms with Gasteiger partial charge in [0.1, 0.15) is 12.6 Å². The lowest BCUT2D eigenvalue weighted by Crippen LogP contribution is -2.51. The summed E-state index contributed by atoms with van der Waals surface area (Å²) in [6.45, 7) is 7.50. The number of rotatable bonds is 11. The van der Waals surface area contributed by atoms with Gasteiger partial charge >= 0.3 is 0 Å². The third kappa shape index (κ3) is 7.36. The largest absolute Gasteiger partial charge is 0.354 e. The van der Waals surface area contributed by atoms with E-state index in [0.29, 0.717) is 22.8 Å². The second-order valence-electron chi connectivity index (χ2n) is 9.57. The number of sulfonamides is 1. The number of amides is 2. The molecule has 3 aromatic rings. The van der Waals surface area contributed by atoms with Gasteiger partial charge in [-0.25, -0.2) is 8.42 Å². The Labute approximate surface area is 230 Å². The molecular weight excluding hydrogens is 522 g/mol. The standard InChI is InChI=1S/C29H34ClN3O4S/c1-21(2)18-31-29(35)23(4)32(19-24-14-16-25(30)17-15-24)28(34)20-33(27-13-9-8-10-22(27)3)38(36,37)26-11-6-5-7-12-26/h5-17,21,23H,18-20H2,1-4H3,(H,31,35). The molecule has 1 N–H and O–H groups in total. The number of hydrogen-bond acceptors (Lipinski definition) is 4. The minimum Gasteiger partial charge on any atom is -0.354 e. The van der Waals surface area contributed by atoms with Crippen LogP contribution in [0.15, 0.2) is 83.8 Å². The molecule has 3 aromatic carbocycles. The third-order valence-corrected chi connectivity index (χ3v) is 8.14. The molecule has 7 nitrogen and oxygen atoms in total. The summed E-state index contributed by atoms with van der Waals surface area (Å²) in [6.07, 6.45) is 0. The second-order valence-corrected chi connectivity index (χ2v) is 11.9. The van der Waals surface area contributed by atoms with Crippen LogP contribution in [0.1, 0.15) is 31.9 Å². The van der Waals surface area contributed by atoms with Crippen LogP contribution in [0.25, 0.3) is 0 Å². The fraction of sp³-hybridized carbons (Fsp3) is 0.310. The van der Waals surface area contributed by atoms with E-state index >= 15 is 0 Å². The predicted molar refractivity (Wildman–Crippen MR) is 151 cm³/mol. The van der Waals surface area contributed by atoms with E-state index in [-0.39, 0.29) is 23.3 Å². The first kappa shape index (κ1) is 29.2. The first-order valence-electron chi connectivity index (χ1n) is 12.5. The monoisotopic (exact) mass is 555 g/mol. The molecular formula is C29H34ClN3O4S. The van der Waals surface area contributed by atoms with Crippen LogP contribution in [-0.4, -0.2) is 44.3 Å². The average molecular weight is 556 g/mol. The van der Waals surface area contributed by atoms with Crippen molar-refractivity contribution >= 4 is 39.1 Å². The van der Waals surface area contributed by atoms with E-state index in [1.165, 1.54) is 17.0 Å². The van der Waals surface area contributed by atoms with Gasteiger partial charge in [0.25, 0.3) is 10.0 Å². The van der Waals surface area contributed by atoms with Crippen LogP contribution in [0, 0.1) is 12.8 Å². The molecule has 1 unspecified atom stereocenters. The first-order chi connectivity index (χ1) is 18.0. The maximum absolute atomic E-state index is 13.9. The molecule has 0 aliphatic rings. The molecule has 2 amide bonds. The number of carbonyl (C=O) groups is 2. The van der Waals surface area contributed by atoms with Gasteiger partial charge in [-0.2, -0.15) is 0 Å². The van der Waals surface area contributed by atoms with Gasteiger partial charge in [0, 0.05) is 18.1 Å². The lowest BCUT2D eigenvalue weighted by Gasteiger charge is -2.32. The molecule has 0 spiro atoms. The van der Waals surface area contributed by atoms with E-state index in [1.807, 2.05) is 19.9 Å². The summed E-state index contributed by atoms with van der Waals surface area (Å²) < 4.78 is 28.7. The SMILES string of the molecule is Cc1ccccc1N(CC(=O)N(Cc1ccc(Cl)cc1)C(C)C(=O)NCC(C)C)S(=O)(=O)c1ccccc1. The normalized spacial score (nSPS) is 12.2. The van der Waals surface area contributed by atoms with Crippen molar-refractivity contribution in [2.75, 3.05) is 17.4 Å². The lowest BCUT2D eigenvalue weighted by molar-refractivity contribution is -0.139. The number of nitrogens with zero attached hydrogens (tertiary/aromatic N) is 2. The van der Waals surface area contributed by atoms with E-state index in [2.05, 4.69) is 5.32 Å². The van der Waals surface area contributed by atoms with Crippen LogP contribution in [-0.2, 0) is 26.2 Å². The Bertz CT molecular complexity index is 1350. The maximum Gasteiger partial charge on any atom is 0.264 e. The summed E-state index contributed by atoms with van der Waals surface area (Å²) in [5.74, 6) is -0.580. The Morgan fingerprint density at radius 2 is 1.50 bits per heavy atom. The molecule has 38 heavy (non-hydrogen) atoms. The zero-order valence-corrected chi connectivity index (χ0v) is 23.7. The number of halogens is 1. The second kappa shape index (κ2) is 12.9. The highest BCUT2D eigenvalue weighted by atomic mass is 35.5. The molecule has 0 heterocycles. The van der Waals surface area contributed by atoms with Crippen LogP contribution in [0.5, 0.6) is 0 Å². The number of nitrogens with one attached hydrogen (secondary N) is 1. The average Bonchev–Trinajstić information content (AvgIpc) is 2.90. The van der Waals surface area contributed by atoms with Crippen molar-refractivity contribution in [1.29, 1.82) is 0 Å². The van der Waals surface area contributed by atoms with E-state index in [1.54, 1.807) is 74.5 Å². The van der Waals surface area contributed by atoms with Crippen LogP contribution >= 0.6 is 11.6 Å². The summed E-state index contributed by atoms with van der Waals surface area (Å²) in [4.78, 5) is 28.4. The smallest absolute Gasteiger partial charge is 0.264 e. The topological polar surface area (TPSA) is 86.8 Å². The van der Waals surface area contributed by atoms with Crippen molar-refractivity contribution in [1.82, 2.24) is 10.2 Å². The zero-order valence-electron chi connectivity index (χ0n) is 22.1. The van der Waals surface area contributed by atoms with Crippen molar-refractivity contribution in [2.45, 2.75) is 45.2 Å². The van der Waals surface area contributed by atoms with Crippen LogP contribution in [0.4, 0.5) is 5.69 Å². The van der Waals surface area contributed by atoms with Crippen molar-refractivity contribution in [3.8, 4) is 0 Å². The summed E-state index contributed by atoms with van der Waals surface area (Å²) >= 11 is 6.04. The summed E-state index contributed by atoms with van der Waals surface area (Å²) in [7, 11) is -4.08. The number of anilines is 1. The molecule has 0 aliphatic carbocycles. The van der Waals surface area contributed by atoms with Crippen molar-refractivity contribution in [3.05, 3.63) is 95.0 Å². The van der Waals surface area contributed by atoms with Gasteiger partial charge in [-0.05, 0) is 61.2 Å². The van der Waals surface area contributed by atoms with Crippen LogP contribution < -0.4 is 9.62 Å². The molecule has 0 saturated heterocycles. The molecule has 0 fully saturated rings. The molecule has 0 aromatic heterocycles. The summed E-state index contributed by atoms with van der Waals surface area (Å²) in [6, 6.07) is 21.1. The molecule has 0 radical (unpaired) electrons. The Hall–Kier alpha value is -3.36. The van der Waals surface area contributed by atoms with E-state index in [9.17, 15) is 18.0 Å². The first-order valence-corrected chi connectivity index (χ1v) is 14.3. The molecule has 1 atom stereocenters. The van der Waals surface area contributed by atoms with E-state index in [0.717, 1.165) is 9.87 Å². The van der Waals surface area contributed by atoms with Gasteiger partial charge in [0.2, 0.25) is 11.8 Å². The van der Waals surface area contributed by atoms with Gasteiger partial charge in [-0.1, -0.05) is 74.0 Å². The Morgan fingerprint density at radius 3 is 2.11 bits per heavy atom. The molecule has 0 saturated carbocycles. The van der Waals surface area contributed by atoms with Gasteiger partial charge in [-0.3, -0.25) is 13.9 Å². The third-order valence-electron chi connectivity index (χ3n) is 6.11. The Morgan fingerprint density at radius 1 is 0.895 bits per heavy atom. The Kier molecular flexibility index (Phi) is 9.94. The molecule has 3 rings (SSSR count). The fourth-order valence-electron chi connectivity index (χ4n) is 3.90. The number of para-hydroxylation sites is 1. The highest BCUT2D eigenvalue weighted by Crippen LogP contribution is 2.27. The minimum absolute atomic E-state index is 0.0722. The van der Waals surface area contributed by atoms with Crippen molar-refractivity contribution < 1.29 is 18.0 Å². The van der Waals surface area contributed by atoms with E-state index < -0.39 is 28.5 Å². The quantitative estimate of drug-likeness (QED) is 0.359. The number of benzene rings is 3. The molecule has 9 heteroatoms. The van der Waals surface area contributed by atoms with Gasteiger partial charge in [-0.15, -0.1) is 0 Å². The molecule has 0 aliphatic heterocycles. The summed E-state index contributed by atoms with van der Waals surface area (Å²) in [5.41, 5.74) is 1.86. The highest BCUT2D eigenvalue weighted by Gasteiger charge is 2.33. The minimum atomic E-state index is -4.08. The van der Waals surface area contributed by atoms with Crippen LogP contribution in [0.2, 0.25) is 5.02 Å². The number of carbonyl (C=O) groups excluding carboxylic acids is 2. The van der Waals surface area contributed by atoms with Crippen LogP contribution in [0.3, 0.4) is 0 Å². The predicted octanol–water partition coefficient (Wildman–Crippen LogP) is 5.03. The van der Waals surface area contributed by atoms with Crippen molar-refractivity contribution in [3.63, 3.8) is 0 Å².